The zero-order valence-electron chi connectivity index (χ0n) is 12.3. The number of carbonyl (C=O) groups excluding carboxylic acids is 1. The number of hydrogen-bond acceptors (Lipinski definition) is 3. The number of nitrogens with one attached hydrogen (secondary N) is 2. The summed E-state index contributed by atoms with van der Waals surface area (Å²) in [4.78, 5) is 12.4. The van der Waals surface area contributed by atoms with Gasteiger partial charge in [-0.1, -0.05) is 32.0 Å². The minimum Gasteiger partial charge on any atom is -0.379 e. The number of anilines is 1. The summed E-state index contributed by atoms with van der Waals surface area (Å²) in [5.41, 5.74) is 2.08. The van der Waals surface area contributed by atoms with E-state index in [4.69, 9.17) is 4.74 Å². The Hall–Kier alpha value is -1.39. The molecule has 2 N–H and O–H groups in total. The summed E-state index contributed by atoms with van der Waals surface area (Å²) in [6, 6.07) is 8.09. The Morgan fingerprint density at radius 3 is 2.85 bits per heavy atom. The van der Waals surface area contributed by atoms with Gasteiger partial charge in [0.2, 0.25) is 5.91 Å². The Morgan fingerprint density at radius 1 is 1.30 bits per heavy atom. The third kappa shape index (κ3) is 3.58. The minimum absolute atomic E-state index is 0.0528. The number of carbonyl (C=O) groups is 1. The first-order valence-electron chi connectivity index (χ1n) is 7.46. The molecule has 1 aliphatic rings. The van der Waals surface area contributed by atoms with Crippen LogP contribution in [0.15, 0.2) is 24.3 Å². The molecule has 0 bridgehead atoms. The molecule has 0 aliphatic carbocycles. The molecule has 1 aliphatic heterocycles. The molecule has 20 heavy (non-hydrogen) atoms. The first-order valence-corrected chi connectivity index (χ1v) is 7.46. The molecule has 0 saturated carbocycles. The molecule has 1 fully saturated rings. The molecule has 2 rings (SSSR count). The normalized spacial score (nSPS) is 21.9. The van der Waals surface area contributed by atoms with Crippen LogP contribution in [0.5, 0.6) is 0 Å². The van der Waals surface area contributed by atoms with E-state index in [0.717, 1.165) is 30.6 Å². The van der Waals surface area contributed by atoms with Crippen LogP contribution in [0, 0.1) is 5.92 Å². The van der Waals surface area contributed by atoms with Gasteiger partial charge in [-0.25, -0.2) is 0 Å². The van der Waals surface area contributed by atoms with Gasteiger partial charge in [0.15, 0.2) is 0 Å². The highest BCUT2D eigenvalue weighted by Crippen LogP contribution is 2.20. The topological polar surface area (TPSA) is 50.4 Å². The third-order valence-corrected chi connectivity index (χ3v) is 3.73. The first-order chi connectivity index (χ1) is 9.76. The maximum Gasteiger partial charge on any atom is 0.231 e. The molecule has 1 heterocycles. The van der Waals surface area contributed by atoms with Crippen LogP contribution in [0.4, 0.5) is 5.69 Å². The lowest BCUT2D eigenvalue weighted by Crippen LogP contribution is -2.41. The van der Waals surface area contributed by atoms with Gasteiger partial charge in [0.05, 0.1) is 19.1 Å². The van der Waals surface area contributed by atoms with Crippen molar-refractivity contribution in [1.29, 1.82) is 0 Å². The van der Waals surface area contributed by atoms with Crippen molar-refractivity contribution in [3.8, 4) is 0 Å². The van der Waals surface area contributed by atoms with Gasteiger partial charge in [-0.15, -0.1) is 0 Å². The molecule has 1 aromatic rings. The van der Waals surface area contributed by atoms with Crippen molar-refractivity contribution in [2.45, 2.75) is 32.7 Å². The first kappa shape index (κ1) is 15.0. The Balaban J connectivity index is 2.00. The molecule has 110 valence electrons. The summed E-state index contributed by atoms with van der Waals surface area (Å²) in [7, 11) is 0. The second-order valence-electron chi connectivity index (χ2n) is 5.20. The predicted octanol–water partition coefficient (Wildman–Crippen LogP) is 2.20. The van der Waals surface area contributed by atoms with Crippen LogP contribution in [0.25, 0.3) is 0 Å². The molecule has 4 heteroatoms. The van der Waals surface area contributed by atoms with Crippen molar-refractivity contribution in [2.24, 2.45) is 5.92 Å². The van der Waals surface area contributed by atoms with Crippen molar-refractivity contribution < 1.29 is 9.53 Å². The van der Waals surface area contributed by atoms with E-state index < -0.39 is 0 Å². The molecule has 2 atom stereocenters. The minimum atomic E-state index is -0.105. The Bertz CT molecular complexity index is 448. The summed E-state index contributed by atoms with van der Waals surface area (Å²) >= 11 is 0. The molecule has 1 aromatic carbocycles. The lowest BCUT2D eigenvalue weighted by atomic mass is 10.0. The van der Waals surface area contributed by atoms with E-state index in [-0.39, 0.29) is 17.9 Å². The number of rotatable bonds is 6. The van der Waals surface area contributed by atoms with Crippen LogP contribution in [0.3, 0.4) is 0 Å². The van der Waals surface area contributed by atoms with Crippen molar-refractivity contribution in [1.82, 2.24) is 5.32 Å². The van der Waals surface area contributed by atoms with Crippen LogP contribution < -0.4 is 10.6 Å². The average molecular weight is 276 g/mol. The number of amides is 1. The van der Waals surface area contributed by atoms with Crippen LogP contribution in [-0.2, 0) is 16.0 Å². The van der Waals surface area contributed by atoms with Gasteiger partial charge in [-0.05, 0) is 31.0 Å². The molecular formula is C16H24N2O2. The summed E-state index contributed by atoms with van der Waals surface area (Å²) in [6.45, 7) is 6.25. The predicted molar refractivity (Wildman–Crippen MR) is 80.8 cm³/mol. The maximum absolute atomic E-state index is 12.4. The van der Waals surface area contributed by atoms with Crippen LogP contribution in [0.2, 0.25) is 0 Å². The fraction of sp³-hybridized carbons (Fsp3) is 0.562. The Labute approximate surface area is 120 Å². The van der Waals surface area contributed by atoms with Gasteiger partial charge in [0.25, 0.3) is 0 Å². The number of aryl methyl sites for hydroxylation is 1. The monoisotopic (exact) mass is 276 g/mol. The van der Waals surface area contributed by atoms with Crippen LogP contribution in [-0.4, -0.2) is 31.7 Å². The lowest BCUT2D eigenvalue weighted by molar-refractivity contribution is -0.120. The molecule has 0 radical (unpaired) electrons. The second kappa shape index (κ2) is 7.41. The van der Waals surface area contributed by atoms with E-state index >= 15 is 0 Å². The van der Waals surface area contributed by atoms with Crippen LogP contribution in [0.1, 0.15) is 25.8 Å². The van der Waals surface area contributed by atoms with Crippen molar-refractivity contribution in [3.63, 3.8) is 0 Å². The lowest BCUT2D eigenvalue weighted by Gasteiger charge is -2.19. The fourth-order valence-electron chi connectivity index (χ4n) is 2.52. The van der Waals surface area contributed by atoms with E-state index in [1.165, 1.54) is 0 Å². The zero-order valence-corrected chi connectivity index (χ0v) is 12.3. The second-order valence-corrected chi connectivity index (χ2v) is 5.20. The number of ether oxygens (including phenoxy) is 1. The van der Waals surface area contributed by atoms with Crippen LogP contribution >= 0.6 is 0 Å². The number of benzene rings is 1. The third-order valence-electron chi connectivity index (χ3n) is 3.73. The van der Waals surface area contributed by atoms with E-state index in [1.54, 1.807) is 0 Å². The molecule has 0 spiro atoms. The van der Waals surface area contributed by atoms with E-state index in [1.807, 2.05) is 24.3 Å². The van der Waals surface area contributed by atoms with Gasteiger partial charge < -0.3 is 15.4 Å². The van der Waals surface area contributed by atoms with E-state index in [9.17, 15) is 4.79 Å². The van der Waals surface area contributed by atoms with Gasteiger partial charge in [0.1, 0.15) is 0 Å². The smallest absolute Gasteiger partial charge is 0.231 e. The SMILES string of the molecule is CCCNC1COCC1C(=O)Nc1ccccc1CC. The van der Waals surface area contributed by atoms with Gasteiger partial charge >= 0.3 is 0 Å². The number of hydrogen-bond donors (Lipinski definition) is 2. The summed E-state index contributed by atoms with van der Waals surface area (Å²) in [5.74, 6) is -0.0523. The van der Waals surface area contributed by atoms with E-state index in [2.05, 4.69) is 24.5 Å². The molecule has 2 unspecified atom stereocenters. The molecule has 1 saturated heterocycles. The summed E-state index contributed by atoms with van der Waals surface area (Å²) in [5, 5.41) is 6.44. The Kier molecular flexibility index (Phi) is 5.56. The molecule has 1 amide bonds. The van der Waals surface area contributed by atoms with Crippen molar-refractivity contribution in [2.75, 3.05) is 25.1 Å². The summed E-state index contributed by atoms with van der Waals surface area (Å²) < 4.78 is 5.46. The van der Waals surface area contributed by atoms with Crippen molar-refractivity contribution in [3.05, 3.63) is 29.8 Å². The van der Waals surface area contributed by atoms with E-state index in [0.29, 0.717) is 13.2 Å². The summed E-state index contributed by atoms with van der Waals surface area (Å²) in [6.07, 6.45) is 1.97. The zero-order chi connectivity index (χ0) is 14.4. The molecule has 4 nitrogen and oxygen atoms in total. The van der Waals surface area contributed by atoms with Gasteiger partial charge in [0, 0.05) is 11.7 Å². The largest absolute Gasteiger partial charge is 0.379 e. The highest BCUT2D eigenvalue weighted by atomic mass is 16.5. The fourth-order valence-corrected chi connectivity index (χ4v) is 2.52. The highest BCUT2D eigenvalue weighted by molar-refractivity contribution is 5.94. The number of para-hydroxylation sites is 1. The molecular weight excluding hydrogens is 252 g/mol. The quantitative estimate of drug-likeness (QED) is 0.837. The van der Waals surface area contributed by atoms with Gasteiger partial charge in [-0.2, -0.15) is 0 Å². The Morgan fingerprint density at radius 2 is 2.10 bits per heavy atom. The van der Waals surface area contributed by atoms with Gasteiger partial charge in [-0.3, -0.25) is 4.79 Å². The molecule has 0 aromatic heterocycles. The average Bonchev–Trinajstić information content (AvgIpc) is 2.94. The highest BCUT2D eigenvalue weighted by Gasteiger charge is 2.33. The standard InChI is InChI=1S/C16H24N2O2/c1-3-9-17-15-11-20-10-13(15)16(19)18-14-8-6-5-7-12(14)4-2/h5-8,13,15,17H,3-4,9-11H2,1-2H3,(H,18,19). The van der Waals surface area contributed by atoms with Crippen molar-refractivity contribution >= 4 is 11.6 Å². The maximum atomic E-state index is 12.4.